The number of primary amides is 1. The Balaban J connectivity index is 1.38. The molecule has 3 heterocycles. The fourth-order valence-electron chi connectivity index (χ4n) is 5.64. The van der Waals surface area contributed by atoms with Crippen molar-refractivity contribution in [1.29, 1.82) is 5.26 Å². The molecule has 4 atom stereocenters. The molecule has 5 rings (SSSR count). The van der Waals surface area contributed by atoms with Crippen molar-refractivity contribution in [2.45, 2.75) is 37.1 Å². The number of carbonyl (C=O) groups excluding carboxylic acids is 3. The molecule has 8 nitrogen and oxygen atoms in total. The van der Waals surface area contributed by atoms with Gasteiger partial charge in [-0.2, -0.15) is 18.4 Å². The second-order valence-electron chi connectivity index (χ2n) is 9.77. The number of benzene rings is 2. The van der Waals surface area contributed by atoms with Crippen LogP contribution in [0.15, 0.2) is 54.6 Å². The first-order valence-corrected chi connectivity index (χ1v) is 11.8. The summed E-state index contributed by atoms with van der Waals surface area (Å²) in [5, 5.41) is 9.08. The zero-order valence-corrected chi connectivity index (χ0v) is 20.1. The third-order valence-electron chi connectivity index (χ3n) is 7.31. The van der Waals surface area contributed by atoms with E-state index >= 15 is 0 Å². The molecule has 0 aliphatic carbocycles. The van der Waals surface area contributed by atoms with Gasteiger partial charge >= 0.3 is 6.18 Å². The van der Waals surface area contributed by atoms with Gasteiger partial charge in [-0.1, -0.05) is 24.3 Å². The summed E-state index contributed by atoms with van der Waals surface area (Å²) in [7, 11) is 0. The van der Waals surface area contributed by atoms with Crippen LogP contribution in [-0.2, 0) is 31.7 Å². The number of amides is 3. The predicted molar refractivity (Wildman–Crippen MR) is 126 cm³/mol. The molecule has 38 heavy (non-hydrogen) atoms. The lowest BCUT2D eigenvalue weighted by Gasteiger charge is -2.29. The van der Waals surface area contributed by atoms with Gasteiger partial charge in [0.15, 0.2) is 0 Å². The zero-order chi connectivity index (χ0) is 27.5. The van der Waals surface area contributed by atoms with Crippen LogP contribution in [0, 0.1) is 23.2 Å². The normalized spacial score (nSPS) is 27.5. The zero-order valence-electron chi connectivity index (χ0n) is 20.1. The Labute approximate surface area is 215 Å². The van der Waals surface area contributed by atoms with Gasteiger partial charge in [-0.15, -0.1) is 0 Å². The first-order chi connectivity index (χ1) is 17.9. The number of nitrogens with zero attached hydrogens (tertiary/aromatic N) is 2. The SMILES string of the molecule is CC12C=CC(CCOc3ccc(CC(N)=O)cc3)(O1)C1C(=O)N(c3ccc(C#N)c(C(F)(F)F)c3)C(=O)C12. The van der Waals surface area contributed by atoms with Gasteiger partial charge in [0.1, 0.15) is 11.4 Å². The molecule has 2 N–H and O–H groups in total. The molecular formula is C27H22F3N3O5. The second-order valence-corrected chi connectivity index (χ2v) is 9.77. The van der Waals surface area contributed by atoms with Crippen LogP contribution in [-0.4, -0.2) is 35.5 Å². The van der Waals surface area contributed by atoms with Crippen LogP contribution in [0.1, 0.15) is 30.0 Å². The smallest absolute Gasteiger partial charge is 0.417 e. The number of hydrogen-bond acceptors (Lipinski definition) is 6. The van der Waals surface area contributed by atoms with Gasteiger partial charge in [-0.3, -0.25) is 14.4 Å². The van der Waals surface area contributed by atoms with Gasteiger partial charge in [0.05, 0.1) is 53.3 Å². The summed E-state index contributed by atoms with van der Waals surface area (Å²) in [6, 6.07) is 11.0. The highest BCUT2D eigenvalue weighted by molar-refractivity contribution is 6.23. The highest BCUT2D eigenvalue weighted by Crippen LogP contribution is 2.59. The lowest BCUT2D eigenvalue weighted by Crippen LogP contribution is -2.42. The maximum atomic E-state index is 13.6. The summed E-state index contributed by atoms with van der Waals surface area (Å²) in [5.41, 5.74) is 1.58. The molecule has 11 heteroatoms. The largest absolute Gasteiger partial charge is 0.493 e. The molecule has 0 saturated carbocycles. The average Bonchev–Trinajstić information content (AvgIpc) is 3.43. The van der Waals surface area contributed by atoms with Gasteiger partial charge in [0.2, 0.25) is 17.7 Å². The van der Waals surface area contributed by atoms with Crippen LogP contribution in [0.4, 0.5) is 18.9 Å². The summed E-state index contributed by atoms with van der Waals surface area (Å²) < 4.78 is 52.6. The Bertz CT molecular complexity index is 1410. The van der Waals surface area contributed by atoms with Crippen molar-refractivity contribution in [3.8, 4) is 11.8 Å². The summed E-state index contributed by atoms with van der Waals surface area (Å²) in [5.74, 6) is -3.13. The number of ether oxygens (including phenoxy) is 2. The van der Waals surface area contributed by atoms with Crippen LogP contribution in [0.25, 0.3) is 0 Å². The number of imide groups is 1. The van der Waals surface area contributed by atoms with Gasteiger partial charge in [0.25, 0.3) is 0 Å². The van der Waals surface area contributed by atoms with Crippen molar-refractivity contribution in [3.05, 3.63) is 71.3 Å². The van der Waals surface area contributed by atoms with Gasteiger partial charge in [-0.05, 0) is 42.8 Å². The number of hydrogen-bond donors (Lipinski definition) is 1. The van der Waals surface area contributed by atoms with Crippen molar-refractivity contribution >= 4 is 23.4 Å². The predicted octanol–water partition coefficient (Wildman–Crippen LogP) is 3.28. The van der Waals surface area contributed by atoms with Crippen molar-refractivity contribution in [2.24, 2.45) is 17.6 Å². The molecule has 2 aromatic rings. The number of alkyl halides is 3. The average molecular weight is 525 g/mol. The van der Waals surface area contributed by atoms with E-state index < -0.39 is 58.1 Å². The fraction of sp³-hybridized carbons (Fsp3) is 0.333. The minimum absolute atomic E-state index is 0.0972. The molecule has 0 spiro atoms. The lowest BCUT2D eigenvalue weighted by atomic mass is 9.71. The monoisotopic (exact) mass is 525 g/mol. The minimum Gasteiger partial charge on any atom is -0.493 e. The highest BCUT2D eigenvalue weighted by Gasteiger charge is 2.72. The van der Waals surface area contributed by atoms with Crippen LogP contribution < -0.4 is 15.4 Å². The quantitative estimate of drug-likeness (QED) is 0.437. The van der Waals surface area contributed by atoms with E-state index in [0.717, 1.165) is 16.5 Å². The molecule has 2 bridgehead atoms. The Morgan fingerprint density at radius 3 is 2.45 bits per heavy atom. The number of halogens is 3. The highest BCUT2D eigenvalue weighted by atomic mass is 19.4. The van der Waals surface area contributed by atoms with Gasteiger partial charge in [0, 0.05) is 6.42 Å². The van der Waals surface area contributed by atoms with Gasteiger partial charge < -0.3 is 15.2 Å². The first kappa shape index (κ1) is 25.5. The van der Waals surface area contributed by atoms with Crippen molar-refractivity contribution in [2.75, 3.05) is 11.5 Å². The summed E-state index contributed by atoms with van der Waals surface area (Å²) in [4.78, 5) is 38.8. The molecule has 2 saturated heterocycles. The third kappa shape index (κ3) is 4.01. The van der Waals surface area contributed by atoms with Crippen molar-refractivity contribution in [3.63, 3.8) is 0 Å². The van der Waals surface area contributed by atoms with E-state index in [9.17, 15) is 27.6 Å². The number of nitrogens with two attached hydrogens (primary N) is 1. The number of carbonyl (C=O) groups is 3. The molecule has 4 unspecified atom stereocenters. The van der Waals surface area contributed by atoms with Crippen LogP contribution >= 0.6 is 0 Å². The topological polar surface area (TPSA) is 123 Å². The second kappa shape index (κ2) is 8.70. The van der Waals surface area contributed by atoms with E-state index in [2.05, 4.69) is 0 Å². The van der Waals surface area contributed by atoms with E-state index in [1.54, 1.807) is 43.3 Å². The van der Waals surface area contributed by atoms with E-state index in [-0.39, 0.29) is 25.1 Å². The van der Waals surface area contributed by atoms with Gasteiger partial charge in [-0.25, -0.2) is 4.90 Å². The minimum atomic E-state index is -4.84. The molecule has 2 fully saturated rings. The number of fused-ring (bicyclic) bond motifs is 5. The molecule has 3 aliphatic rings. The summed E-state index contributed by atoms with van der Waals surface area (Å²) in [6.07, 6.45) is -1.10. The van der Waals surface area contributed by atoms with Crippen LogP contribution in [0.3, 0.4) is 0 Å². The molecule has 3 aliphatic heterocycles. The molecular weight excluding hydrogens is 503 g/mol. The Hall–Kier alpha value is -4.17. The molecule has 2 aromatic carbocycles. The summed E-state index contributed by atoms with van der Waals surface area (Å²) >= 11 is 0. The maximum absolute atomic E-state index is 13.6. The Morgan fingerprint density at radius 2 is 1.82 bits per heavy atom. The fourth-order valence-corrected chi connectivity index (χ4v) is 5.64. The molecule has 0 radical (unpaired) electrons. The van der Waals surface area contributed by atoms with E-state index in [1.165, 1.54) is 12.1 Å². The van der Waals surface area contributed by atoms with E-state index in [1.807, 2.05) is 0 Å². The lowest BCUT2D eigenvalue weighted by molar-refractivity contribution is -0.138. The summed E-state index contributed by atoms with van der Waals surface area (Å²) in [6.45, 7) is 1.79. The number of nitriles is 1. The molecule has 196 valence electrons. The van der Waals surface area contributed by atoms with E-state index in [0.29, 0.717) is 11.8 Å². The molecule has 0 aromatic heterocycles. The van der Waals surface area contributed by atoms with Crippen molar-refractivity contribution in [1.82, 2.24) is 0 Å². The maximum Gasteiger partial charge on any atom is 0.417 e. The Morgan fingerprint density at radius 1 is 1.13 bits per heavy atom. The van der Waals surface area contributed by atoms with E-state index in [4.69, 9.17) is 20.5 Å². The molecule has 3 amide bonds. The standard InChI is InChI=1S/C27H22F3N3O5/c1-25-8-9-26(38-25,10-11-37-18-6-2-15(3-7-18)12-20(32)34)22-21(25)23(35)33(24(22)36)17-5-4-16(14-31)19(13-17)27(28,29)30/h2-9,13,21-22H,10-12H2,1H3,(H2,32,34). The van der Waals surface area contributed by atoms with Crippen LogP contribution in [0.2, 0.25) is 0 Å². The first-order valence-electron chi connectivity index (χ1n) is 11.8. The van der Waals surface area contributed by atoms with Crippen LogP contribution in [0.5, 0.6) is 5.75 Å². The number of rotatable bonds is 7. The van der Waals surface area contributed by atoms with Crippen molar-refractivity contribution < 1.29 is 37.0 Å². The number of anilines is 1. The Kier molecular flexibility index (Phi) is 5.83. The third-order valence-corrected chi connectivity index (χ3v) is 7.31.